The van der Waals surface area contributed by atoms with Crippen LogP contribution in [-0.2, 0) is 0 Å². The van der Waals surface area contributed by atoms with Crippen molar-refractivity contribution in [1.82, 2.24) is 0 Å². The van der Waals surface area contributed by atoms with Crippen molar-refractivity contribution in [2.24, 2.45) is 0 Å². The van der Waals surface area contributed by atoms with Crippen molar-refractivity contribution >= 4 is 40.0 Å². The highest BCUT2D eigenvalue weighted by molar-refractivity contribution is 14.1. The minimum Gasteiger partial charge on any atom is -0.294 e. The van der Waals surface area contributed by atoms with E-state index in [0.29, 0.717) is 11.4 Å². The van der Waals surface area contributed by atoms with Gasteiger partial charge in [-0.15, -0.1) is 0 Å². The number of ketones is 1. The maximum Gasteiger partial charge on any atom is 0.163 e. The molecule has 0 unspecified atom stereocenters. The molecule has 0 aromatic heterocycles. The monoisotopic (exact) mass is 322 g/mol. The fourth-order valence-electron chi connectivity index (χ4n) is 1.18. The van der Waals surface area contributed by atoms with Gasteiger partial charge in [-0.3, -0.25) is 4.79 Å². The SMILES string of the molecule is CCCCC(=O)c1cc(Cl)ccc1I. The lowest BCUT2D eigenvalue weighted by atomic mass is 10.1. The lowest BCUT2D eigenvalue weighted by molar-refractivity contribution is 0.0979. The van der Waals surface area contributed by atoms with Crippen LogP contribution in [0.2, 0.25) is 5.02 Å². The van der Waals surface area contributed by atoms with Crippen molar-refractivity contribution in [3.8, 4) is 0 Å². The van der Waals surface area contributed by atoms with Crippen molar-refractivity contribution in [3.05, 3.63) is 32.4 Å². The van der Waals surface area contributed by atoms with E-state index < -0.39 is 0 Å². The van der Waals surface area contributed by atoms with E-state index in [4.69, 9.17) is 11.6 Å². The van der Waals surface area contributed by atoms with Gasteiger partial charge in [0.05, 0.1) is 0 Å². The van der Waals surface area contributed by atoms with E-state index in [9.17, 15) is 4.79 Å². The molecule has 0 heterocycles. The van der Waals surface area contributed by atoms with E-state index in [1.807, 2.05) is 6.07 Å². The Labute approximate surface area is 103 Å². The lowest BCUT2D eigenvalue weighted by Gasteiger charge is -2.03. The summed E-state index contributed by atoms with van der Waals surface area (Å²) in [5, 5.41) is 0.630. The van der Waals surface area contributed by atoms with Crippen molar-refractivity contribution < 1.29 is 4.79 Å². The van der Waals surface area contributed by atoms with Crippen molar-refractivity contribution in [2.75, 3.05) is 0 Å². The summed E-state index contributed by atoms with van der Waals surface area (Å²) in [5.74, 6) is 0.193. The van der Waals surface area contributed by atoms with Gasteiger partial charge < -0.3 is 0 Å². The van der Waals surface area contributed by atoms with Gasteiger partial charge >= 0.3 is 0 Å². The third-order valence-corrected chi connectivity index (χ3v) is 3.16. The van der Waals surface area contributed by atoms with Crippen LogP contribution in [-0.4, -0.2) is 5.78 Å². The molecule has 1 rings (SSSR count). The molecular weight excluding hydrogens is 310 g/mol. The highest BCUT2D eigenvalue weighted by Gasteiger charge is 2.09. The Morgan fingerprint density at radius 3 is 2.86 bits per heavy atom. The molecule has 0 aliphatic rings. The predicted octanol–water partition coefficient (Wildman–Crippen LogP) is 4.32. The number of carbonyl (C=O) groups is 1. The molecule has 0 aliphatic carbocycles. The second-order valence-electron chi connectivity index (χ2n) is 3.15. The first-order chi connectivity index (χ1) is 6.65. The van der Waals surface area contributed by atoms with Gasteiger partial charge in [0.1, 0.15) is 0 Å². The Kier molecular flexibility index (Phi) is 4.89. The van der Waals surface area contributed by atoms with Gasteiger partial charge in [-0.2, -0.15) is 0 Å². The fraction of sp³-hybridized carbons (Fsp3) is 0.364. The number of halogens is 2. The molecule has 0 bridgehead atoms. The summed E-state index contributed by atoms with van der Waals surface area (Å²) in [4.78, 5) is 11.7. The van der Waals surface area contributed by atoms with Crippen LogP contribution in [0.4, 0.5) is 0 Å². The van der Waals surface area contributed by atoms with Crippen LogP contribution in [0.15, 0.2) is 18.2 Å². The molecule has 0 N–H and O–H groups in total. The Bertz CT molecular complexity index is 336. The van der Waals surface area contributed by atoms with Crippen LogP contribution in [0.25, 0.3) is 0 Å². The van der Waals surface area contributed by atoms with E-state index in [1.54, 1.807) is 12.1 Å². The van der Waals surface area contributed by atoms with E-state index in [2.05, 4.69) is 29.5 Å². The molecule has 3 heteroatoms. The molecule has 0 saturated heterocycles. The molecule has 1 aromatic carbocycles. The number of unbranched alkanes of at least 4 members (excludes halogenated alkanes) is 1. The van der Waals surface area contributed by atoms with E-state index in [0.717, 1.165) is 22.0 Å². The van der Waals surface area contributed by atoms with Gasteiger partial charge in [-0.05, 0) is 47.2 Å². The maximum absolute atomic E-state index is 11.7. The predicted molar refractivity (Wildman–Crippen MR) is 68.0 cm³/mol. The topological polar surface area (TPSA) is 17.1 Å². The average Bonchev–Trinajstić information content (AvgIpc) is 2.18. The second-order valence-corrected chi connectivity index (χ2v) is 4.75. The molecule has 0 aliphatic heterocycles. The Hall–Kier alpha value is -0.0900. The molecule has 0 amide bonds. The number of Topliss-reactive ketones (excluding diaryl/α,β-unsaturated/α-hetero) is 1. The Morgan fingerprint density at radius 2 is 2.21 bits per heavy atom. The average molecular weight is 323 g/mol. The third kappa shape index (κ3) is 3.24. The maximum atomic E-state index is 11.7. The minimum absolute atomic E-state index is 0.193. The molecule has 0 radical (unpaired) electrons. The number of hydrogen-bond donors (Lipinski definition) is 0. The van der Waals surface area contributed by atoms with Crippen molar-refractivity contribution in [1.29, 1.82) is 0 Å². The fourth-order valence-corrected chi connectivity index (χ4v) is 1.99. The summed E-state index contributed by atoms with van der Waals surface area (Å²) < 4.78 is 0.980. The van der Waals surface area contributed by atoms with Gasteiger partial charge in [0.25, 0.3) is 0 Å². The number of benzene rings is 1. The first-order valence-electron chi connectivity index (χ1n) is 4.63. The van der Waals surface area contributed by atoms with E-state index >= 15 is 0 Å². The first-order valence-corrected chi connectivity index (χ1v) is 6.09. The number of hydrogen-bond acceptors (Lipinski definition) is 1. The summed E-state index contributed by atoms with van der Waals surface area (Å²) in [7, 11) is 0. The highest BCUT2D eigenvalue weighted by atomic mass is 127. The molecule has 1 aromatic rings. The molecule has 1 nitrogen and oxygen atoms in total. The molecule has 76 valence electrons. The van der Waals surface area contributed by atoms with Crippen molar-refractivity contribution in [3.63, 3.8) is 0 Å². The summed E-state index contributed by atoms with van der Waals surface area (Å²) in [5.41, 5.74) is 0.756. The van der Waals surface area contributed by atoms with E-state index in [1.165, 1.54) is 0 Å². The van der Waals surface area contributed by atoms with Crippen LogP contribution in [0, 0.1) is 3.57 Å². The summed E-state index contributed by atoms with van der Waals surface area (Å²) in [6, 6.07) is 5.43. The second kappa shape index (κ2) is 5.71. The van der Waals surface area contributed by atoms with Crippen LogP contribution in [0.3, 0.4) is 0 Å². The normalized spacial score (nSPS) is 10.2. The molecule has 0 fully saturated rings. The zero-order valence-corrected chi connectivity index (χ0v) is 10.9. The highest BCUT2D eigenvalue weighted by Crippen LogP contribution is 2.19. The Balaban J connectivity index is 2.83. The quantitative estimate of drug-likeness (QED) is 0.596. The largest absolute Gasteiger partial charge is 0.294 e. The van der Waals surface area contributed by atoms with Gasteiger partial charge in [0.15, 0.2) is 5.78 Å². The minimum atomic E-state index is 0.193. The van der Waals surface area contributed by atoms with Crippen LogP contribution < -0.4 is 0 Å². The van der Waals surface area contributed by atoms with Gasteiger partial charge in [0.2, 0.25) is 0 Å². The van der Waals surface area contributed by atoms with E-state index in [-0.39, 0.29) is 5.78 Å². The number of rotatable bonds is 4. The zero-order chi connectivity index (χ0) is 10.6. The lowest BCUT2D eigenvalue weighted by Crippen LogP contribution is -2.01. The summed E-state index contributed by atoms with van der Waals surface area (Å²) in [6.07, 6.45) is 2.61. The molecule has 0 spiro atoms. The molecule has 0 saturated carbocycles. The van der Waals surface area contributed by atoms with Crippen molar-refractivity contribution in [2.45, 2.75) is 26.2 Å². The summed E-state index contributed by atoms with van der Waals surface area (Å²) >= 11 is 8.00. The molecular formula is C11H12ClIO. The van der Waals surface area contributed by atoms with Gasteiger partial charge in [-0.1, -0.05) is 24.9 Å². The Morgan fingerprint density at radius 1 is 1.50 bits per heavy atom. The standard InChI is InChI=1S/C11H12ClIO/c1-2-3-4-11(14)9-7-8(12)5-6-10(9)13/h5-7H,2-4H2,1H3. The summed E-state index contributed by atoms with van der Waals surface area (Å²) in [6.45, 7) is 2.08. The third-order valence-electron chi connectivity index (χ3n) is 1.99. The van der Waals surface area contributed by atoms with Gasteiger partial charge in [0, 0.05) is 20.6 Å². The van der Waals surface area contributed by atoms with Crippen LogP contribution >= 0.6 is 34.2 Å². The van der Waals surface area contributed by atoms with Gasteiger partial charge in [-0.25, -0.2) is 0 Å². The van der Waals surface area contributed by atoms with Crippen LogP contribution in [0.5, 0.6) is 0 Å². The smallest absolute Gasteiger partial charge is 0.163 e. The van der Waals surface area contributed by atoms with Crippen LogP contribution in [0.1, 0.15) is 36.5 Å². The zero-order valence-electron chi connectivity index (χ0n) is 8.02. The first kappa shape index (κ1) is 12.0. The number of carbonyl (C=O) groups excluding carboxylic acids is 1. The molecule has 0 atom stereocenters. The molecule has 14 heavy (non-hydrogen) atoms.